The van der Waals surface area contributed by atoms with E-state index in [0.717, 1.165) is 15.6 Å². The molecule has 0 fully saturated rings. The second-order valence-electron chi connectivity index (χ2n) is 4.21. The summed E-state index contributed by atoms with van der Waals surface area (Å²) in [5.74, 6) is 5.92. The molecule has 0 bridgehead atoms. The monoisotopic (exact) mass is 333 g/mol. The molecule has 0 heterocycles. The van der Waals surface area contributed by atoms with Crippen LogP contribution in [-0.4, -0.2) is 0 Å². The number of hydrogen-bond acceptors (Lipinski definition) is 1. The van der Waals surface area contributed by atoms with Crippen molar-refractivity contribution in [2.45, 2.75) is 0 Å². The standard InChI is InChI=1S/C19H12BrN/c20-19-10-6-5-9-18(19)8-4-2-1-3-7-16-11-13-17(15-21)14-12-16/h3-14H/b7-3-,8-4-. The third-order valence-corrected chi connectivity index (χ3v) is 3.46. The molecule has 0 saturated heterocycles. The van der Waals surface area contributed by atoms with E-state index in [0.29, 0.717) is 5.56 Å². The molecule has 2 rings (SSSR count). The van der Waals surface area contributed by atoms with E-state index in [1.807, 2.05) is 54.6 Å². The van der Waals surface area contributed by atoms with E-state index in [9.17, 15) is 0 Å². The minimum Gasteiger partial charge on any atom is -0.192 e. The molecule has 0 aliphatic carbocycles. The van der Waals surface area contributed by atoms with E-state index < -0.39 is 0 Å². The van der Waals surface area contributed by atoms with E-state index in [1.54, 1.807) is 18.2 Å². The van der Waals surface area contributed by atoms with Crippen LogP contribution in [0.1, 0.15) is 16.7 Å². The number of nitrogens with zero attached hydrogens (tertiary/aromatic N) is 1. The third-order valence-electron chi connectivity index (χ3n) is 2.73. The lowest BCUT2D eigenvalue weighted by Crippen LogP contribution is -1.74. The molecular formula is C19H12BrN. The normalized spacial score (nSPS) is 10.3. The van der Waals surface area contributed by atoms with Gasteiger partial charge in [-0.25, -0.2) is 0 Å². The molecule has 1 nitrogen and oxygen atoms in total. The van der Waals surface area contributed by atoms with Gasteiger partial charge in [0.15, 0.2) is 0 Å². The molecular weight excluding hydrogens is 322 g/mol. The number of benzene rings is 2. The second-order valence-corrected chi connectivity index (χ2v) is 5.07. The minimum absolute atomic E-state index is 0.662. The van der Waals surface area contributed by atoms with Crippen LogP contribution >= 0.6 is 15.9 Å². The van der Waals surface area contributed by atoms with Crippen molar-refractivity contribution in [1.29, 1.82) is 5.26 Å². The number of allylic oxidation sites excluding steroid dienone is 2. The molecule has 2 aromatic carbocycles. The van der Waals surface area contributed by atoms with Gasteiger partial charge in [-0.2, -0.15) is 5.26 Å². The zero-order valence-corrected chi connectivity index (χ0v) is 12.8. The molecule has 0 saturated carbocycles. The van der Waals surface area contributed by atoms with E-state index in [-0.39, 0.29) is 0 Å². The van der Waals surface area contributed by atoms with Crippen LogP contribution in [0.5, 0.6) is 0 Å². The van der Waals surface area contributed by atoms with Crippen LogP contribution in [0.4, 0.5) is 0 Å². The van der Waals surface area contributed by atoms with Gasteiger partial charge in [0.05, 0.1) is 11.6 Å². The van der Waals surface area contributed by atoms with Crippen LogP contribution in [0, 0.1) is 23.2 Å². The van der Waals surface area contributed by atoms with E-state index in [2.05, 4.69) is 33.8 Å². The van der Waals surface area contributed by atoms with Gasteiger partial charge in [0.25, 0.3) is 0 Å². The number of rotatable bonds is 2. The van der Waals surface area contributed by atoms with Gasteiger partial charge in [-0.3, -0.25) is 0 Å². The Balaban J connectivity index is 1.96. The number of nitriles is 1. The number of halogens is 1. The Morgan fingerprint density at radius 3 is 2.19 bits per heavy atom. The molecule has 0 aliphatic rings. The molecule has 21 heavy (non-hydrogen) atoms. The summed E-state index contributed by atoms with van der Waals surface area (Å²) in [6.07, 6.45) is 7.50. The van der Waals surface area contributed by atoms with Crippen LogP contribution < -0.4 is 0 Å². The SMILES string of the molecule is N#Cc1ccc(/C=C\C#C/C=C\c2ccccc2Br)cc1. The molecule has 0 atom stereocenters. The quantitative estimate of drug-likeness (QED) is 0.705. The van der Waals surface area contributed by atoms with Crippen molar-refractivity contribution in [1.82, 2.24) is 0 Å². The highest BCUT2D eigenvalue weighted by Crippen LogP contribution is 2.16. The highest BCUT2D eigenvalue weighted by molar-refractivity contribution is 9.10. The molecule has 0 spiro atoms. The molecule has 2 heteroatoms. The third kappa shape index (κ3) is 4.80. The van der Waals surface area contributed by atoms with Gasteiger partial charge in [0.1, 0.15) is 0 Å². The Kier molecular flexibility index (Phi) is 5.59. The Hall–Kier alpha value is -2.55. The Morgan fingerprint density at radius 1 is 0.857 bits per heavy atom. The Bertz CT molecular complexity index is 766. The molecule has 0 N–H and O–H groups in total. The van der Waals surface area contributed by atoms with Crippen LogP contribution in [0.2, 0.25) is 0 Å². The molecule has 0 amide bonds. The molecule has 0 radical (unpaired) electrons. The van der Waals surface area contributed by atoms with Gasteiger partial charge in [-0.05, 0) is 53.6 Å². The van der Waals surface area contributed by atoms with Gasteiger partial charge in [-0.15, -0.1) is 0 Å². The zero-order valence-electron chi connectivity index (χ0n) is 11.3. The van der Waals surface area contributed by atoms with Gasteiger partial charge in [0, 0.05) is 4.47 Å². The van der Waals surface area contributed by atoms with Crippen LogP contribution in [0.15, 0.2) is 65.2 Å². The fourth-order valence-corrected chi connectivity index (χ4v) is 2.06. The first kappa shape index (κ1) is 14.9. The lowest BCUT2D eigenvalue weighted by Gasteiger charge is -1.94. The predicted molar refractivity (Wildman–Crippen MR) is 91.1 cm³/mol. The molecule has 0 unspecified atom stereocenters. The summed E-state index contributed by atoms with van der Waals surface area (Å²) in [4.78, 5) is 0. The lowest BCUT2D eigenvalue weighted by molar-refractivity contribution is 1.48. The summed E-state index contributed by atoms with van der Waals surface area (Å²) in [7, 11) is 0. The Morgan fingerprint density at radius 2 is 1.52 bits per heavy atom. The smallest absolute Gasteiger partial charge is 0.0991 e. The zero-order chi connectivity index (χ0) is 14.9. The van der Waals surface area contributed by atoms with Crippen LogP contribution in [0.25, 0.3) is 12.2 Å². The molecule has 2 aromatic rings. The fourth-order valence-electron chi connectivity index (χ4n) is 1.64. The summed E-state index contributed by atoms with van der Waals surface area (Å²) in [5, 5.41) is 8.71. The average Bonchev–Trinajstić information content (AvgIpc) is 2.53. The van der Waals surface area contributed by atoms with Gasteiger partial charge in [0.2, 0.25) is 0 Å². The van der Waals surface area contributed by atoms with Crippen molar-refractivity contribution in [2.24, 2.45) is 0 Å². The summed E-state index contributed by atoms with van der Waals surface area (Å²) < 4.78 is 1.05. The topological polar surface area (TPSA) is 23.8 Å². The van der Waals surface area contributed by atoms with E-state index >= 15 is 0 Å². The first-order valence-corrected chi connectivity index (χ1v) is 7.18. The van der Waals surface area contributed by atoms with Crippen molar-refractivity contribution in [3.05, 3.63) is 81.8 Å². The summed E-state index contributed by atoms with van der Waals surface area (Å²) in [6.45, 7) is 0. The van der Waals surface area contributed by atoms with Crippen molar-refractivity contribution in [3.63, 3.8) is 0 Å². The van der Waals surface area contributed by atoms with E-state index in [1.165, 1.54) is 0 Å². The maximum absolute atomic E-state index is 8.71. The maximum atomic E-state index is 8.71. The van der Waals surface area contributed by atoms with Gasteiger partial charge < -0.3 is 0 Å². The largest absolute Gasteiger partial charge is 0.192 e. The maximum Gasteiger partial charge on any atom is 0.0991 e. The van der Waals surface area contributed by atoms with E-state index in [4.69, 9.17) is 5.26 Å². The van der Waals surface area contributed by atoms with Crippen molar-refractivity contribution >= 4 is 28.1 Å². The van der Waals surface area contributed by atoms with Crippen molar-refractivity contribution < 1.29 is 0 Å². The lowest BCUT2D eigenvalue weighted by atomic mass is 10.1. The molecule has 100 valence electrons. The highest BCUT2D eigenvalue weighted by Gasteiger charge is 1.90. The Labute approximate surface area is 133 Å². The van der Waals surface area contributed by atoms with Crippen molar-refractivity contribution in [2.75, 3.05) is 0 Å². The van der Waals surface area contributed by atoms with Crippen molar-refractivity contribution in [3.8, 4) is 17.9 Å². The molecule has 0 aromatic heterocycles. The second kappa shape index (κ2) is 7.90. The first-order valence-electron chi connectivity index (χ1n) is 6.38. The summed E-state index contributed by atoms with van der Waals surface area (Å²) in [5.41, 5.74) is 2.79. The first-order chi connectivity index (χ1) is 10.3. The molecule has 0 aliphatic heterocycles. The fraction of sp³-hybridized carbons (Fsp3) is 0. The van der Waals surface area contributed by atoms with Crippen LogP contribution in [0.3, 0.4) is 0 Å². The number of hydrogen-bond donors (Lipinski definition) is 0. The highest BCUT2D eigenvalue weighted by atomic mass is 79.9. The average molecular weight is 334 g/mol. The summed E-state index contributed by atoms with van der Waals surface area (Å²) >= 11 is 3.49. The van der Waals surface area contributed by atoms with Gasteiger partial charge >= 0.3 is 0 Å². The predicted octanol–water partition coefficient (Wildman–Crippen LogP) is 5.05. The van der Waals surface area contributed by atoms with Crippen LogP contribution in [-0.2, 0) is 0 Å². The van der Waals surface area contributed by atoms with Gasteiger partial charge in [-0.1, -0.05) is 58.1 Å². The summed E-state index contributed by atoms with van der Waals surface area (Å²) in [6, 6.07) is 17.5. The minimum atomic E-state index is 0.662.